The second-order valence-corrected chi connectivity index (χ2v) is 14.1. The van der Waals surface area contributed by atoms with Crippen LogP contribution in [0.1, 0.15) is 13.3 Å². The van der Waals surface area contributed by atoms with Crippen molar-refractivity contribution in [3.63, 3.8) is 0 Å². The Morgan fingerprint density at radius 3 is 2.17 bits per heavy atom. The van der Waals surface area contributed by atoms with Gasteiger partial charge in [-0.25, -0.2) is 0 Å². The molecule has 0 N–H and O–H groups in total. The third kappa shape index (κ3) is 5.18. The predicted molar refractivity (Wildman–Crippen MR) is 102 cm³/mol. The summed E-state index contributed by atoms with van der Waals surface area (Å²) in [6.45, 7) is 9.99. The van der Waals surface area contributed by atoms with Crippen molar-refractivity contribution in [3.05, 3.63) is 42.4 Å². The van der Waals surface area contributed by atoms with E-state index in [0.717, 1.165) is 36.6 Å². The number of hydrogen-bond donors (Lipinski definition) is 0. The molecule has 1 saturated heterocycles. The second kappa shape index (κ2) is 10.1. The van der Waals surface area contributed by atoms with Gasteiger partial charge in [0.1, 0.15) is 8.24 Å². The fourth-order valence-electron chi connectivity index (χ4n) is 4.13. The molecule has 0 bridgehead atoms. The molecule has 0 aromatic rings. The first-order valence-corrected chi connectivity index (χ1v) is 15.2. The summed E-state index contributed by atoms with van der Waals surface area (Å²) in [7, 11) is 8.32. The van der Waals surface area contributed by atoms with Gasteiger partial charge in [0, 0.05) is 0 Å². The molecule has 23 heavy (non-hydrogen) atoms. The molecule has 1 saturated carbocycles. The summed E-state index contributed by atoms with van der Waals surface area (Å²) in [5, 5.41) is 8.96. The molecule has 0 radical (unpaired) electrons. The van der Waals surface area contributed by atoms with Crippen LogP contribution in [0.4, 0.5) is 0 Å². The Balaban J connectivity index is 0.000000615. The van der Waals surface area contributed by atoms with Gasteiger partial charge in [0.05, 0.1) is 0 Å². The van der Waals surface area contributed by atoms with Crippen molar-refractivity contribution in [3.8, 4) is 0 Å². The van der Waals surface area contributed by atoms with E-state index in [0.29, 0.717) is 6.67 Å². The molecule has 2 fully saturated rings. The van der Waals surface area contributed by atoms with Gasteiger partial charge in [-0.2, -0.15) is 0 Å². The van der Waals surface area contributed by atoms with Crippen LogP contribution in [0.25, 0.3) is 10.6 Å². The topological polar surface area (TPSA) is 31.4 Å². The van der Waals surface area contributed by atoms with E-state index in [4.69, 9.17) is 18.6 Å². The Bertz CT molecular complexity index is 414. The summed E-state index contributed by atoms with van der Waals surface area (Å²) in [6.07, 6.45) is 10.8. The van der Waals surface area contributed by atoms with Crippen LogP contribution in [0.5, 0.6) is 0 Å². The summed E-state index contributed by atoms with van der Waals surface area (Å²) in [5.74, 6) is 2.34. The van der Waals surface area contributed by atoms with Crippen LogP contribution in [0, 0.1) is 25.2 Å². The third-order valence-corrected chi connectivity index (χ3v) is 9.78. The molecule has 3 nitrogen and oxygen atoms in total. The minimum absolute atomic E-state index is 0. The summed E-state index contributed by atoms with van der Waals surface area (Å²) >= 11 is -0.556. The first kappa shape index (κ1) is 21.9. The molecule has 0 spiro atoms. The molecule has 1 aliphatic heterocycles. The van der Waals surface area contributed by atoms with Crippen LogP contribution in [0.15, 0.2) is 24.3 Å². The zero-order valence-electron chi connectivity index (χ0n) is 14.5. The van der Waals surface area contributed by atoms with E-state index < -0.39 is 25.3 Å². The predicted octanol–water partition coefficient (Wildman–Crippen LogP) is 5.72. The molecule has 3 aliphatic rings. The first-order valence-electron chi connectivity index (χ1n) is 7.85. The number of fused-ring (bicyclic) bond motifs is 1. The average molecular weight is 409 g/mol. The average Bonchev–Trinajstić information content (AvgIpc) is 2.87. The number of hydrogen-bond acceptors (Lipinski definition) is 1. The quantitative estimate of drug-likeness (QED) is 0.424. The van der Waals surface area contributed by atoms with Crippen LogP contribution in [-0.4, -0.2) is 32.8 Å². The normalized spacial score (nSPS) is 33.6. The fourth-order valence-corrected chi connectivity index (χ4v) is 7.75. The first-order chi connectivity index (χ1) is 10.5. The molecule has 3 rings (SSSR count). The molecular weight excluding hydrogens is 381 g/mol. The molecule has 2 aliphatic carbocycles. The standard InChI is InChI=1S/C15H25N3Si.CH3.2ClH.Ti/c1-12-8-15(14-7-5-4-6-13(12)14)19(2,3)18-10-16-9-17-11-18;;;;/h4-7,12-15H,8-11H2,1-3H3;1H3;2*1H;/q-2;-1;;;+6/p-2/t12-,13?,14?,15?;;;;/m0..../s1. The number of nitrogens with zero attached hydrogens (tertiary/aromatic N) is 3. The molecule has 0 aromatic heterocycles. The van der Waals surface area contributed by atoms with Crippen molar-refractivity contribution >= 4 is 26.8 Å². The molecule has 0 aromatic carbocycles. The molecule has 4 atom stereocenters. The van der Waals surface area contributed by atoms with E-state index in [1.54, 1.807) is 0 Å². The summed E-state index contributed by atoms with van der Waals surface area (Å²) in [5.41, 5.74) is 0.845. The minimum atomic E-state index is -1.46. The number of halogens is 2. The summed E-state index contributed by atoms with van der Waals surface area (Å²) in [6, 6.07) is 0. The molecular formula is C16H28Cl2N3SiTi+. The van der Waals surface area contributed by atoms with Crippen molar-refractivity contribution in [2.75, 3.05) is 20.0 Å². The van der Waals surface area contributed by atoms with Crippen LogP contribution in [0.2, 0.25) is 18.6 Å². The van der Waals surface area contributed by atoms with Gasteiger partial charge in [-0.15, -0.1) is 13.3 Å². The molecule has 3 unspecified atom stereocenters. The van der Waals surface area contributed by atoms with Gasteiger partial charge < -0.3 is 22.6 Å². The number of rotatable bonds is 2. The van der Waals surface area contributed by atoms with Crippen molar-refractivity contribution in [2.45, 2.75) is 32.0 Å². The van der Waals surface area contributed by atoms with E-state index in [-0.39, 0.29) is 7.43 Å². The van der Waals surface area contributed by atoms with Gasteiger partial charge in [-0.3, -0.25) is 6.67 Å². The van der Waals surface area contributed by atoms with Gasteiger partial charge in [0.25, 0.3) is 0 Å². The monoisotopic (exact) mass is 408 g/mol. The second-order valence-electron chi connectivity index (χ2n) is 6.88. The van der Waals surface area contributed by atoms with Gasteiger partial charge in [0.2, 0.25) is 0 Å². The number of allylic oxidation sites excluding steroid dienone is 4. The zero-order chi connectivity index (χ0) is 16.2. The van der Waals surface area contributed by atoms with Crippen molar-refractivity contribution in [1.29, 1.82) is 0 Å². The van der Waals surface area contributed by atoms with Crippen LogP contribution in [0.3, 0.4) is 0 Å². The van der Waals surface area contributed by atoms with Gasteiger partial charge >= 0.3 is 35.6 Å². The molecule has 0 amide bonds. The maximum absolute atomic E-state index is 4.89. The van der Waals surface area contributed by atoms with Crippen LogP contribution >= 0.6 is 18.6 Å². The van der Waals surface area contributed by atoms with Gasteiger partial charge in [-0.1, -0.05) is 44.3 Å². The Labute approximate surface area is 160 Å². The van der Waals surface area contributed by atoms with Crippen molar-refractivity contribution in [1.82, 2.24) is 4.57 Å². The van der Waals surface area contributed by atoms with Gasteiger partial charge in [0.15, 0.2) is 0 Å². The Morgan fingerprint density at radius 1 is 1.09 bits per heavy atom. The van der Waals surface area contributed by atoms with E-state index >= 15 is 0 Å². The SMILES string of the molecule is C[C@H]1CC([Si](C)(C)N2C[N-]C[N-]C2)C2C=CC=CC21.[CH3-].[Cl][Ti+4][Cl]. The van der Waals surface area contributed by atoms with Gasteiger partial charge in [-0.05, 0) is 29.7 Å². The van der Waals surface area contributed by atoms with Crippen LogP contribution in [-0.2, 0) is 17.0 Å². The molecule has 1 heterocycles. The van der Waals surface area contributed by atoms with Crippen molar-refractivity contribution < 1.29 is 17.0 Å². The van der Waals surface area contributed by atoms with E-state index in [1.165, 1.54) is 6.42 Å². The van der Waals surface area contributed by atoms with Crippen LogP contribution < -0.4 is 0 Å². The Morgan fingerprint density at radius 2 is 1.61 bits per heavy atom. The third-order valence-electron chi connectivity index (χ3n) is 5.43. The zero-order valence-corrected chi connectivity index (χ0v) is 18.6. The Hall–Kier alpha value is 0.871. The van der Waals surface area contributed by atoms with E-state index in [1.807, 2.05) is 0 Å². The molecule has 7 heteroatoms. The fraction of sp³-hybridized carbons (Fsp3) is 0.688. The summed E-state index contributed by atoms with van der Waals surface area (Å²) < 4.78 is 2.59. The van der Waals surface area contributed by atoms with Crippen molar-refractivity contribution in [2.24, 2.45) is 17.8 Å². The Kier molecular flexibility index (Phi) is 9.65. The summed E-state index contributed by atoms with van der Waals surface area (Å²) in [4.78, 5) is 0. The molecule has 128 valence electrons. The van der Waals surface area contributed by atoms with E-state index in [2.05, 4.69) is 59.5 Å². The maximum atomic E-state index is 4.89. The van der Waals surface area contributed by atoms with E-state index in [9.17, 15) is 0 Å².